The van der Waals surface area contributed by atoms with Gasteiger partial charge in [-0.3, -0.25) is 29.8 Å². The summed E-state index contributed by atoms with van der Waals surface area (Å²) < 4.78 is 11.6. The van der Waals surface area contributed by atoms with Crippen molar-refractivity contribution in [3.63, 3.8) is 0 Å². The summed E-state index contributed by atoms with van der Waals surface area (Å²) in [6.07, 6.45) is 5.57. The first-order valence-corrected chi connectivity index (χ1v) is 12.1. The number of hydrogen-bond donors (Lipinski definition) is 2. The van der Waals surface area contributed by atoms with E-state index in [1.54, 1.807) is 0 Å². The summed E-state index contributed by atoms with van der Waals surface area (Å²) in [5, 5.41) is 4.66. The third-order valence-corrected chi connectivity index (χ3v) is 6.33. The van der Waals surface area contributed by atoms with E-state index >= 15 is 0 Å². The van der Waals surface area contributed by atoms with Gasteiger partial charge in [0, 0.05) is 12.8 Å². The Balaban J connectivity index is 1.04. The molecule has 0 unspecified atom stereocenters. The molecule has 0 radical (unpaired) electrons. The number of imide groups is 2. The first kappa shape index (κ1) is 24.4. The monoisotopic (exact) mass is 478 g/mol. The molecular formula is C27H30N2O6. The quantitative estimate of drug-likeness (QED) is 0.358. The van der Waals surface area contributed by atoms with Gasteiger partial charge in [0.25, 0.3) is 0 Å². The number of amides is 4. The normalized spacial score (nSPS) is 19.5. The van der Waals surface area contributed by atoms with Gasteiger partial charge in [-0.1, -0.05) is 43.5 Å². The molecule has 184 valence electrons. The average molecular weight is 479 g/mol. The average Bonchev–Trinajstić information content (AvgIpc) is 3.37. The molecule has 2 aliphatic heterocycles. The van der Waals surface area contributed by atoms with Crippen LogP contribution in [-0.2, 0) is 19.2 Å². The highest BCUT2D eigenvalue weighted by Gasteiger charge is 2.32. The van der Waals surface area contributed by atoms with Gasteiger partial charge in [-0.15, -0.1) is 0 Å². The Labute approximate surface area is 204 Å². The lowest BCUT2D eigenvalue weighted by atomic mass is 9.98. The minimum atomic E-state index is -0.396. The van der Waals surface area contributed by atoms with E-state index in [-0.39, 0.29) is 36.5 Å². The van der Waals surface area contributed by atoms with Gasteiger partial charge in [0.15, 0.2) is 0 Å². The number of carbonyl (C=O) groups is 4. The maximum absolute atomic E-state index is 11.8. The molecule has 2 fully saturated rings. The van der Waals surface area contributed by atoms with Crippen molar-refractivity contribution in [2.45, 2.75) is 56.8 Å². The maximum Gasteiger partial charge on any atom is 0.234 e. The molecule has 2 aromatic rings. The van der Waals surface area contributed by atoms with Gasteiger partial charge in [-0.05, 0) is 48.2 Å². The number of ether oxygens (including phenoxy) is 2. The van der Waals surface area contributed by atoms with Gasteiger partial charge in [-0.2, -0.15) is 0 Å². The van der Waals surface area contributed by atoms with Crippen LogP contribution >= 0.6 is 0 Å². The van der Waals surface area contributed by atoms with Crippen LogP contribution in [0.5, 0.6) is 11.5 Å². The molecular weight excluding hydrogens is 448 g/mol. The van der Waals surface area contributed by atoms with Crippen LogP contribution in [0.15, 0.2) is 48.5 Å². The lowest BCUT2D eigenvalue weighted by molar-refractivity contribution is -0.126. The molecule has 35 heavy (non-hydrogen) atoms. The highest BCUT2D eigenvalue weighted by Crippen LogP contribution is 2.27. The van der Waals surface area contributed by atoms with Crippen LogP contribution in [0.1, 0.15) is 67.9 Å². The number of hydrogen-bond acceptors (Lipinski definition) is 6. The van der Waals surface area contributed by atoms with Crippen molar-refractivity contribution < 1.29 is 28.7 Å². The summed E-state index contributed by atoms with van der Waals surface area (Å²) in [6.45, 7) is 1.27. The fraction of sp³-hybridized carbons (Fsp3) is 0.407. The standard InChI is InChI=1S/C27H30N2O6/c30-24-16-22(26(32)28-24)18-6-10-20(11-7-18)34-14-4-2-1-3-5-15-35-21-12-8-19(9-13-21)23-17-25(31)29-27(23)33/h6-13,22-23H,1-5,14-17H2,(H,28,30,32)(H,29,31,33)/t22-,23+. The Morgan fingerprint density at radius 3 is 1.29 bits per heavy atom. The molecule has 2 N–H and O–H groups in total. The SMILES string of the molecule is O=C1C[C@@H](c2ccc(OCCCCCCCOc3ccc([C@H]4CC(=O)NC4=O)cc3)cc2)C(=O)N1. The van der Waals surface area contributed by atoms with Crippen molar-refractivity contribution in [1.82, 2.24) is 10.6 Å². The lowest BCUT2D eigenvalue weighted by Crippen LogP contribution is -2.21. The predicted octanol–water partition coefficient (Wildman–Crippen LogP) is 3.36. The smallest absolute Gasteiger partial charge is 0.234 e. The summed E-state index contributed by atoms with van der Waals surface area (Å²) in [5.41, 5.74) is 1.66. The topological polar surface area (TPSA) is 111 Å². The number of nitrogens with one attached hydrogen (secondary N) is 2. The number of benzene rings is 2. The van der Waals surface area contributed by atoms with Crippen LogP contribution in [0.4, 0.5) is 0 Å². The Bertz CT molecular complexity index is 979. The molecule has 2 atom stereocenters. The molecule has 0 aliphatic carbocycles. The van der Waals surface area contributed by atoms with Gasteiger partial charge >= 0.3 is 0 Å². The van der Waals surface area contributed by atoms with Crippen molar-refractivity contribution >= 4 is 23.6 Å². The first-order valence-electron chi connectivity index (χ1n) is 12.1. The summed E-state index contributed by atoms with van der Waals surface area (Å²) in [4.78, 5) is 46.2. The number of unbranched alkanes of at least 4 members (excludes halogenated alkanes) is 4. The van der Waals surface area contributed by atoms with Crippen LogP contribution in [0.2, 0.25) is 0 Å². The highest BCUT2D eigenvalue weighted by atomic mass is 16.5. The molecule has 0 spiro atoms. The Morgan fingerprint density at radius 2 is 0.943 bits per heavy atom. The van der Waals surface area contributed by atoms with E-state index in [1.807, 2.05) is 48.5 Å². The Hall–Kier alpha value is -3.68. The van der Waals surface area contributed by atoms with Gasteiger partial charge in [-0.25, -0.2) is 0 Å². The Kier molecular flexibility index (Phi) is 8.13. The summed E-state index contributed by atoms with van der Waals surface area (Å²) in [7, 11) is 0. The lowest BCUT2D eigenvalue weighted by Gasteiger charge is -2.10. The molecule has 0 bridgehead atoms. The van der Waals surface area contributed by atoms with Gasteiger partial charge < -0.3 is 9.47 Å². The fourth-order valence-electron chi connectivity index (χ4n) is 4.35. The minimum Gasteiger partial charge on any atom is -0.494 e. The summed E-state index contributed by atoms with van der Waals surface area (Å²) in [5.74, 6) is -0.191. The zero-order valence-electron chi connectivity index (χ0n) is 19.6. The number of carbonyl (C=O) groups excluding carboxylic acids is 4. The van der Waals surface area contributed by atoms with Gasteiger partial charge in [0.1, 0.15) is 11.5 Å². The molecule has 0 aromatic heterocycles. The van der Waals surface area contributed by atoms with Crippen LogP contribution in [0.25, 0.3) is 0 Å². The van der Waals surface area contributed by atoms with Crippen molar-refractivity contribution in [3.05, 3.63) is 59.7 Å². The molecule has 4 amide bonds. The van der Waals surface area contributed by atoms with Gasteiger partial charge in [0.05, 0.1) is 25.0 Å². The van der Waals surface area contributed by atoms with E-state index in [0.29, 0.717) is 13.2 Å². The third-order valence-electron chi connectivity index (χ3n) is 6.33. The van der Waals surface area contributed by atoms with E-state index in [0.717, 1.165) is 54.7 Å². The van der Waals surface area contributed by atoms with E-state index in [1.165, 1.54) is 0 Å². The fourth-order valence-corrected chi connectivity index (χ4v) is 4.35. The predicted molar refractivity (Wildman–Crippen MR) is 128 cm³/mol. The molecule has 2 saturated heterocycles. The molecule has 4 rings (SSSR count). The summed E-state index contributed by atoms with van der Waals surface area (Å²) >= 11 is 0. The van der Waals surface area contributed by atoms with Gasteiger partial charge in [0.2, 0.25) is 23.6 Å². The van der Waals surface area contributed by atoms with Crippen LogP contribution in [0.3, 0.4) is 0 Å². The second-order valence-corrected chi connectivity index (χ2v) is 8.94. The second kappa shape index (κ2) is 11.6. The zero-order chi connectivity index (χ0) is 24.6. The van der Waals surface area contributed by atoms with Crippen molar-refractivity contribution in [3.8, 4) is 11.5 Å². The van der Waals surface area contributed by atoms with Crippen LogP contribution in [-0.4, -0.2) is 36.8 Å². The van der Waals surface area contributed by atoms with Crippen molar-refractivity contribution in [1.29, 1.82) is 0 Å². The second-order valence-electron chi connectivity index (χ2n) is 8.94. The molecule has 2 heterocycles. The Morgan fingerprint density at radius 1 is 0.571 bits per heavy atom. The molecule has 2 aliphatic rings. The van der Waals surface area contributed by atoms with Crippen LogP contribution < -0.4 is 20.1 Å². The van der Waals surface area contributed by atoms with E-state index in [2.05, 4.69) is 10.6 Å². The van der Waals surface area contributed by atoms with E-state index < -0.39 is 11.8 Å². The van der Waals surface area contributed by atoms with E-state index in [9.17, 15) is 19.2 Å². The molecule has 8 nitrogen and oxygen atoms in total. The van der Waals surface area contributed by atoms with Crippen molar-refractivity contribution in [2.75, 3.05) is 13.2 Å². The summed E-state index contributed by atoms with van der Waals surface area (Å²) in [6, 6.07) is 14.8. The molecule has 8 heteroatoms. The molecule has 2 aromatic carbocycles. The van der Waals surface area contributed by atoms with E-state index in [4.69, 9.17) is 9.47 Å². The zero-order valence-corrected chi connectivity index (χ0v) is 19.6. The highest BCUT2D eigenvalue weighted by molar-refractivity contribution is 6.06. The number of rotatable bonds is 12. The van der Waals surface area contributed by atoms with Crippen LogP contribution in [0, 0.1) is 0 Å². The van der Waals surface area contributed by atoms with Crippen molar-refractivity contribution in [2.24, 2.45) is 0 Å². The maximum atomic E-state index is 11.8. The minimum absolute atomic E-state index is 0.208. The largest absolute Gasteiger partial charge is 0.494 e. The third kappa shape index (κ3) is 6.68. The molecule has 0 saturated carbocycles. The first-order chi connectivity index (χ1) is 17.0.